The van der Waals surface area contributed by atoms with E-state index in [0.717, 1.165) is 0 Å². The predicted octanol–water partition coefficient (Wildman–Crippen LogP) is -2.38. The van der Waals surface area contributed by atoms with Crippen LogP contribution < -0.4 is 16.6 Å². The normalized spacial score (nSPS) is 12.4. The van der Waals surface area contributed by atoms with Crippen LogP contribution in [0.3, 0.4) is 0 Å². The molecular formula is C5H6N5Na. The van der Waals surface area contributed by atoms with Crippen molar-refractivity contribution in [3.8, 4) is 0 Å². The monoisotopic (exact) mass is 159 g/mol. The third-order valence-electron chi connectivity index (χ3n) is 1.28. The van der Waals surface area contributed by atoms with Gasteiger partial charge in [0.25, 0.3) is 0 Å². The van der Waals surface area contributed by atoms with Crippen LogP contribution in [0.2, 0.25) is 0 Å². The number of rotatable bonds is 0. The molecule has 1 aliphatic rings. The van der Waals surface area contributed by atoms with E-state index in [1.54, 1.807) is 0 Å². The molecule has 0 atom stereocenters. The van der Waals surface area contributed by atoms with Gasteiger partial charge in [0.1, 0.15) is 18.4 Å². The Morgan fingerprint density at radius 2 is 2.09 bits per heavy atom. The summed E-state index contributed by atoms with van der Waals surface area (Å²) in [5.74, 6) is 0.409. The average molecular weight is 159 g/mol. The maximum absolute atomic E-state index is 5.47. The van der Waals surface area contributed by atoms with Gasteiger partial charge < -0.3 is 5.73 Å². The summed E-state index contributed by atoms with van der Waals surface area (Å²) in [4.78, 5) is 15.6. The van der Waals surface area contributed by atoms with E-state index >= 15 is 0 Å². The molecule has 0 spiro atoms. The molecule has 0 bridgehead atoms. The minimum atomic E-state index is 0. The summed E-state index contributed by atoms with van der Waals surface area (Å²) in [7, 11) is 0. The Morgan fingerprint density at radius 3 is 2.82 bits per heavy atom. The third kappa shape index (κ3) is 1.40. The Bertz CT molecular complexity index is 373. The van der Waals surface area contributed by atoms with E-state index in [9.17, 15) is 0 Å². The molecule has 0 fully saturated rings. The van der Waals surface area contributed by atoms with Crippen LogP contribution >= 0.6 is 0 Å². The third-order valence-corrected chi connectivity index (χ3v) is 1.28. The first-order chi connectivity index (χ1) is 4.88. The number of fused-ring (bicyclic) bond motifs is 1. The maximum atomic E-state index is 5.47. The number of hydrogen-bond donors (Lipinski definition) is 1. The van der Waals surface area contributed by atoms with Crippen LogP contribution in [0.25, 0.3) is 0 Å². The van der Waals surface area contributed by atoms with E-state index in [-0.39, 0.29) is 29.6 Å². The van der Waals surface area contributed by atoms with Crippen molar-refractivity contribution >= 4 is 35.4 Å². The van der Waals surface area contributed by atoms with E-state index in [1.165, 1.54) is 6.33 Å². The molecule has 0 aromatic carbocycles. The number of nitrogens with two attached hydrogens (primary N) is 1. The van der Waals surface area contributed by atoms with Gasteiger partial charge in [-0.1, -0.05) is 0 Å². The van der Waals surface area contributed by atoms with E-state index in [1.807, 2.05) is 0 Å². The zero-order chi connectivity index (χ0) is 6.97. The van der Waals surface area contributed by atoms with Gasteiger partial charge in [0.15, 0.2) is 11.3 Å². The summed E-state index contributed by atoms with van der Waals surface area (Å²) in [6.07, 6.45) is 1.39. The molecule has 0 unspecified atom stereocenters. The van der Waals surface area contributed by atoms with Gasteiger partial charge >= 0.3 is 29.6 Å². The van der Waals surface area contributed by atoms with Gasteiger partial charge in [-0.15, -0.1) is 0 Å². The van der Waals surface area contributed by atoms with Crippen molar-refractivity contribution in [1.82, 2.24) is 9.97 Å². The van der Waals surface area contributed by atoms with Crippen molar-refractivity contribution in [3.05, 3.63) is 17.2 Å². The average Bonchev–Trinajstić information content (AvgIpc) is 2.36. The molecule has 1 aromatic rings. The van der Waals surface area contributed by atoms with Crippen LogP contribution in [0, 0.1) is 0 Å². The summed E-state index contributed by atoms with van der Waals surface area (Å²) < 4.78 is 0. The van der Waals surface area contributed by atoms with Crippen molar-refractivity contribution in [2.45, 2.75) is 0 Å². The fourth-order valence-corrected chi connectivity index (χ4v) is 0.823. The first kappa shape index (κ1) is 8.58. The second kappa shape index (κ2) is 3.25. The molecule has 1 aliphatic heterocycles. The molecule has 52 valence electrons. The Kier molecular flexibility index (Phi) is 2.53. The number of anilines is 1. The summed E-state index contributed by atoms with van der Waals surface area (Å²) >= 11 is 0. The van der Waals surface area contributed by atoms with Crippen LogP contribution in [-0.4, -0.2) is 46.2 Å². The molecule has 0 aliphatic carbocycles. The molecule has 1 aromatic heterocycles. The van der Waals surface area contributed by atoms with Gasteiger partial charge in [-0.25, -0.2) is 15.0 Å². The first-order valence-corrected chi connectivity index (χ1v) is 2.83. The SMILES string of the molecule is Nc1ncnc2c1=NCN=2.[NaH]. The molecule has 5 nitrogen and oxygen atoms in total. The molecular weight excluding hydrogens is 153 g/mol. The Morgan fingerprint density at radius 1 is 1.27 bits per heavy atom. The van der Waals surface area contributed by atoms with Crippen molar-refractivity contribution in [2.24, 2.45) is 9.98 Å². The second-order valence-electron chi connectivity index (χ2n) is 1.89. The summed E-state index contributed by atoms with van der Waals surface area (Å²) in [5, 5.41) is 0.627. The van der Waals surface area contributed by atoms with Gasteiger partial charge in [-0.2, -0.15) is 0 Å². The summed E-state index contributed by atoms with van der Waals surface area (Å²) in [6.45, 7) is 0.429. The first-order valence-electron chi connectivity index (χ1n) is 2.83. The molecule has 11 heavy (non-hydrogen) atoms. The van der Waals surface area contributed by atoms with Gasteiger partial charge in [-0.3, -0.25) is 4.99 Å². The van der Waals surface area contributed by atoms with Crippen molar-refractivity contribution in [3.63, 3.8) is 0 Å². The molecule has 0 saturated carbocycles. The number of aromatic nitrogens is 2. The van der Waals surface area contributed by atoms with Crippen LogP contribution in [-0.2, 0) is 0 Å². The number of nitrogens with zero attached hydrogens (tertiary/aromatic N) is 4. The Labute approximate surface area is 84.8 Å². The van der Waals surface area contributed by atoms with E-state index in [0.29, 0.717) is 23.3 Å². The van der Waals surface area contributed by atoms with Crippen LogP contribution in [0.15, 0.2) is 16.3 Å². The van der Waals surface area contributed by atoms with E-state index in [2.05, 4.69) is 20.0 Å². The Balaban J connectivity index is 0.000000605. The number of nitrogen functional groups attached to an aromatic ring is 1. The van der Waals surface area contributed by atoms with E-state index < -0.39 is 0 Å². The summed E-state index contributed by atoms with van der Waals surface area (Å²) in [5.41, 5.74) is 6.07. The van der Waals surface area contributed by atoms with Crippen molar-refractivity contribution in [2.75, 3.05) is 12.4 Å². The fourth-order valence-electron chi connectivity index (χ4n) is 0.823. The van der Waals surface area contributed by atoms with Gasteiger partial charge in [0.2, 0.25) is 0 Å². The molecule has 2 N–H and O–H groups in total. The quantitative estimate of drug-likeness (QED) is 0.429. The standard InChI is InChI=1S/C5H5N5.Na.H/c6-4-3-5(9-1-7-3)10-2-8-4;;/h2H,1H2,(H2,6,8,9,10);;. The Hall–Kier alpha value is -0.520. The van der Waals surface area contributed by atoms with Crippen LogP contribution in [0.4, 0.5) is 5.82 Å². The van der Waals surface area contributed by atoms with Crippen LogP contribution in [0.5, 0.6) is 0 Å². The fraction of sp³-hybridized carbons (Fsp3) is 0.200. The zero-order valence-electron chi connectivity index (χ0n) is 5.15. The molecule has 6 heteroatoms. The molecule has 2 heterocycles. The predicted molar refractivity (Wildman–Crippen MR) is 40.8 cm³/mol. The topological polar surface area (TPSA) is 76.5 Å². The zero-order valence-corrected chi connectivity index (χ0v) is 5.15. The second-order valence-corrected chi connectivity index (χ2v) is 1.89. The minimum absolute atomic E-state index is 0. The molecule has 0 amide bonds. The van der Waals surface area contributed by atoms with Gasteiger partial charge in [-0.05, 0) is 0 Å². The van der Waals surface area contributed by atoms with Crippen molar-refractivity contribution in [1.29, 1.82) is 0 Å². The van der Waals surface area contributed by atoms with Crippen molar-refractivity contribution < 1.29 is 0 Å². The van der Waals surface area contributed by atoms with Crippen LogP contribution in [0.1, 0.15) is 0 Å². The molecule has 2 rings (SSSR count). The van der Waals surface area contributed by atoms with Gasteiger partial charge in [0.05, 0.1) is 0 Å². The summed E-state index contributed by atoms with van der Waals surface area (Å²) in [6, 6.07) is 0. The van der Waals surface area contributed by atoms with Gasteiger partial charge in [0, 0.05) is 0 Å². The molecule has 0 saturated heterocycles. The molecule has 0 radical (unpaired) electrons. The number of hydrogen-bond acceptors (Lipinski definition) is 5. The van der Waals surface area contributed by atoms with E-state index in [4.69, 9.17) is 5.73 Å².